The highest BCUT2D eigenvalue weighted by molar-refractivity contribution is 5.94. The molecular formula is C38H60F2N4O2. The van der Waals surface area contributed by atoms with E-state index in [4.69, 9.17) is 5.11 Å². The number of hydrogen-bond donors (Lipinski definition) is 1. The highest BCUT2D eigenvalue weighted by Crippen LogP contribution is 2.25. The molecule has 2 aromatic rings. The number of anilines is 1. The minimum Gasteiger partial charge on any atom is -0.393 e. The van der Waals surface area contributed by atoms with Crippen molar-refractivity contribution in [3.8, 4) is 0 Å². The van der Waals surface area contributed by atoms with Gasteiger partial charge in [0.05, 0.1) is 29.8 Å². The zero-order chi connectivity index (χ0) is 35.8. The molecule has 1 aliphatic rings. The van der Waals surface area contributed by atoms with Gasteiger partial charge in [-0.3, -0.25) is 9.78 Å². The van der Waals surface area contributed by atoms with E-state index in [2.05, 4.69) is 47.0 Å². The van der Waals surface area contributed by atoms with Gasteiger partial charge in [0, 0.05) is 25.7 Å². The number of piperidine rings is 1. The first-order valence-electron chi connectivity index (χ1n) is 16.3. The average molecular weight is 643 g/mol. The maximum Gasteiger partial charge on any atom is 0.170 e. The Hall–Kier alpha value is -3.52. The lowest BCUT2D eigenvalue weighted by Gasteiger charge is -2.30. The predicted molar refractivity (Wildman–Crippen MR) is 194 cm³/mol. The molecule has 1 atom stereocenters. The van der Waals surface area contributed by atoms with E-state index in [1.807, 2.05) is 53.9 Å². The molecule has 258 valence electrons. The van der Waals surface area contributed by atoms with Crippen molar-refractivity contribution < 1.29 is 18.7 Å². The number of halogens is 2. The van der Waals surface area contributed by atoms with E-state index in [1.165, 1.54) is 31.9 Å². The van der Waals surface area contributed by atoms with E-state index in [9.17, 15) is 13.6 Å². The Kier molecular flexibility index (Phi) is 24.9. The molecule has 0 aliphatic carbocycles. The molecule has 1 unspecified atom stereocenters. The van der Waals surface area contributed by atoms with Crippen LogP contribution in [0.1, 0.15) is 116 Å². The van der Waals surface area contributed by atoms with Crippen LogP contribution in [0, 0.1) is 24.5 Å². The Balaban J connectivity index is 0. The third-order valence-corrected chi connectivity index (χ3v) is 7.22. The highest BCUT2D eigenvalue weighted by Gasteiger charge is 2.17. The largest absolute Gasteiger partial charge is 0.393 e. The number of carbonyl (C=O) groups excluding carboxylic acids is 1. The second-order valence-corrected chi connectivity index (χ2v) is 11.1. The zero-order valence-electron chi connectivity index (χ0n) is 30.4. The van der Waals surface area contributed by atoms with Gasteiger partial charge in [-0.25, -0.2) is 13.8 Å². The second kappa shape index (κ2) is 25.6. The molecule has 0 spiro atoms. The Morgan fingerprint density at radius 1 is 1.04 bits per heavy atom. The van der Waals surface area contributed by atoms with Crippen molar-refractivity contribution in [1.82, 2.24) is 9.97 Å². The SMILES string of the molecule is C=C/C(C)=C(C)\C=C(/C)c1ccc(C(C)=O)c(F)c1F.C=NC.CC.CCCC(O)CC.Cc1cnc(N2CCC(C)CC2)cn1. The van der Waals surface area contributed by atoms with Crippen LogP contribution in [0.4, 0.5) is 14.6 Å². The molecular weight excluding hydrogens is 582 g/mol. The fourth-order valence-electron chi connectivity index (χ4n) is 4.13. The summed E-state index contributed by atoms with van der Waals surface area (Å²) < 4.78 is 27.8. The Bertz CT molecular complexity index is 1230. The first-order valence-corrected chi connectivity index (χ1v) is 16.3. The molecule has 0 saturated carbocycles. The monoisotopic (exact) mass is 642 g/mol. The molecule has 1 N–H and O–H groups in total. The van der Waals surface area contributed by atoms with E-state index >= 15 is 0 Å². The van der Waals surface area contributed by atoms with E-state index in [0.717, 1.165) is 60.9 Å². The van der Waals surface area contributed by atoms with Gasteiger partial charge in [0.25, 0.3) is 0 Å². The van der Waals surface area contributed by atoms with E-state index < -0.39 is 17.4 Å². The number of carbonyl (C=O) groups is 1. The molecule has 1 aliphatic heterocycles. The van der Waals surface area contributed by atoms with Crippen molar-refractivity contribution in [2.45, 2.75) is 107 Å². The van der Waals surface area contributed by atoms with E-state index in [1.54, 1.807) is 26.1 Å². The molecule has 6 nitrogen and oxygen atoms in total. The summed E-state index contributed by atoms with van der Waals surface area (Å²) in [6.07, 6.45) is 12.6. The van der Waals surface area contributed by atoms with Gasteiger partial charge in [0.2, 0.25) is 0 Å². The number of allylic oxidation sites excluding steroid dienone is 5. The maximum atomic E-state index is 14.0. The zero-order valence-corrected chi connectivity index (χ0v) is 30.4. The number of aromatic nitrogens is 2. The number of ketones is 1. The number of aliphatic hydroxyl groups excluding tert-OH is 1. The number of aliphatic imine (C=N–C) groups is 1. The fraction of sp³-hybridized carbons (Fsp3) is 0.526. The maximum absolute atomic E-state index is 14.0. The normalized spacial score (nSPS) is 13.9. The molecule has 8 heteroatoms. The Morgan fingerprint density at radius 3 is 1.98 bits per heavy atom. The van der Waals surface area contributed by atoms with Gasteiger partial charge in [-0.05, 0) is 95.7 Å². The number of aliphatic hydroxyl groups is 1. The summed E-state index contributed by atoms with van der Waals surface area (Å²) in [5, 5.41) is 8.86. The third kappa shape index (κ3) is 17.2. The number of nitrogens with zero attached hydrogens (tertiary/aromatic N) is 4. The number of aryl methyl sites for hydroxylation is 1. The summed E-state index contributed by atoms with van der Waals surface area (Å²) in [5.74, 6) is -0.680. The summed E-state index contributed by atoms with van der Waals surface area (Å²) in [4.78, 5) is 25.4. The van der Waals surface area contributed by atoms with Crippen LogP contribution in [0.3, 0.4) is 0 Å². The topological polar surface area (TPSA) is 78.7 Å². The van der Waals surface area contributed by atoms with Crippen molar-refractivity contribution in [3.05, 3.63) is 82.9 Å². The van der Waals surface area contributed by atoms with Crippen LogP contribution in [0.25, 0.3) is 5.57 Å². The van der Waals surface area contributed by atoms with Crippen molar-refractivity contribution in [2.75, 3.05) is 25.0 Å². The van der Waals surface area contributed by atoms with Gasteiger partial charge >= 0.3 is 0 Å². The van der Waals surface area contributed by atoms with Gasteiger partial charge in [0.15, 0.2) is 17.4 Å². The van der Waals surface area contributed by atoms with E-state index in [-0.39, 0.29) is 17.2 Å². The number of hydrogen-bond acceptors (Lipinski definition) is 6. The van der Waals surface area contributed by atoms with Gasteiger partial charge in [0.1, 0.15) is 5.82 Å². The Morgan fingerprint density at radius 2 is 1.57 bits per heavy atom. The van der Waals surface area contributed by atoms with Crippen molar-refractivity contribution in [2.24, 2.45) is 10.9 Å². The highest BCUT2D eigenvalue weighted by atomic mass is 19.2. The molecule has 0 amide bonds. The lowest BCUT2D eigenvalue weighted by Crippen LogP contribution is -2.33. The predicted octanol–water partition coefficient (Wildman–Crippen LogP) is 10.0. The third-order valence-electron chi connectivity index (χ3n) is 7.22. The van der Waals surface area contributed by atoms with Crippen LogP contribution in [0.15, 0.2) is 59.4 Å². The summed E-state index contributed by atoms with van der Waals surface area (Å²) in [6, 6.07) is 2.74. The van der Waals surface area contributed by atoms with Gasteiger partial charge in [-0.1, -0.05) is 65.8 Å². The van der Waals surface area contributed by atoms with Crippen LogP contribution in [0.2, 0.25) is 0 Å². The first-order chi connectivity index (χ1) is 21.8. The first kappa shape index (κ1) is 44.6. The van der Waals surface area contributed by atoms with Crippen molar-refractivity contribution in [1.29, 1.82) is 0 Å². The lowest BCUT2D eigenvalue weighted by atomic mass is 9.99. The minimum atomic E-state index is -1.09. The molecule has 1 aromatic heterocycles. The smallest absolute Gasteiger partial charge is 0.170 e. The van der Waals surface area contributed by atoms with Crippen LogP contribution in [0.5, 0.6) is 0 Å². The molecule has 1 saturated heterocycles. The molecule has 0 bridgehead atoms. The molecule has 1 aromatic carbocycles. The van der Waals surface area contributed by atoms with Crippen molar-refractivity contribution in [3.63, 3.8) is 0 Å². The quantitative estimate of drug-likeness (QED) is 0.176. The van der Waals surface area contributed by atoms with E-state index in [0.29, 0.717) is 5.57 Å². The van der Waals surface area contributed by atoms with Crippen LogP contribution < -0.4 is 4.90 Å². The molecule has 0 radical (unpaired) electrons. The lowest BCUT2D eigenvalue weighted by molar-refractivity contribution is 0.101. The Labute approximate surface area is 278 Å². The van der Waals surface area contributed by atoms with Crippen LogP contribution >= 0.6 is 0 Å². The van der Waals surface area contributed by atoms with Gasteiger partial charge < -0.3 is 15.0 Å². The molecule has 2 heterocycles. The average Bonchev–Trinajstić information content (AvgIpc) is 3.04. The standard InChI is InChI=1S/C17H18F2O.C11H17N3.C6H14O.C2H5N.C2H6/c1-6-10(2)11(3)9-12(4)14-7-8-15(13(5)20)17(19)16(14)18;1-9-3-5-14(6-4-9)11-8-12-10(2)7-13-11;1-3-5-6(7)4-2;1-3-2;1-2/h6-9H,1H2,2-5H3;7-9H,3-6H2,1-2H3;6-7H,3-5H2,1-2H3;1H2,2H3;1-2H3/b11-10-,12-9+;;;;. The summed E-state index contributed by atoms with van der Waals surface area (Å²) in [7, 11) is 1.64. The number of Topliss-reactive ketones (excluding diaryl/α,β-unsaturated/α-hetero) is 1. The minimum absolute atomic E-state index is 0.0509. The summed E-state index contributed by atoms with van der Waals surface area (Å²) in [6.45, 7) is 28.1. The van der Waals surface area contributed by atoms with Crippen LogP contribution in [-0.4, -0.2) is 53.8 Å². The summed E-state index contributed by atoms with van der Waals surface area (Å²) in [5.41, 5.74) is 3.39. The molecule has 46 heavy (non-hydrogen) atoms. The number of benzene rings is 1. The fourth-order valence-corrected chi connectivity index (χ4v) is 4.13. The van der Waals surface area contributed by atoms with Crippen molar-refractivity contribution >= 4 is 23.9 Å². The van der Waals surface area contributed by atoms with Gasteiger partial charge in [-0.15, -0.1) is 0 Å². The van der Waals surface area contributed by atoms with Gasteiger partial charge in [-0.2, -0.15) is 0 Å². The second-order valence-electron chi connectivity index (χ2n) is 11.1. The number of rotatable bonds is 8. The van der Waals surface area contributed by atoms with Crippen LogP contribution in [-0.2, 0) is 0 Å². The molecule has 3 rings (SSSR count). The summed E-state index contributed by atoms with van der Waals surface area (Å²) >= 11 is 0. The molecule has 1 fully saturated rings.